The van der Waals surface area contributed by atoms with Crippen LogP contribution in [0.25, 0.3) is 0 Å². The molecule has 1 aromatic carbocycles. The van der Waals surface area contributed by atoms with Gasteiger partial charge in [0.25, 0.3) is 9.84 Å². The first-order valence-electron chi connectivity index (χ1n) is 8.04. The first kappa shape index (κ1) is 18.7. The van der Waals surface area contributed by atoms with Crippen molar-refractivity contribution in [2.45, 2.75) is 16.9 Å². The topological polar surface area (TPSA) is 58.4 Å². The van der Waals surface area contributed by atoms with Crippen molar-refractivity contribution in [1.29, 1.82) is 0 Å². The molecule has 0 saturated carbocycles. The number of alkyl halides is 3. The number of aromatic nitrogens is 2. The maximum Gasteiger partial charge on any atom is 0.501 e. The summed E-state index contributed by atoms with van der Waals surface area (Å²) in [6, 6.07) is 5.29. The molecule has 0 N–H and O–H groups in total. The van der Waals surface area contributed by atoms with Crippen molar-refractivity contribution < 1.29 is 21.6 Å². The number of aryl methyl sites for hydroxylation is 1. The molecule has 0 aliphatic carbocycles. The van der Waals surface area contributed by atoms with Gasteiger partial charge >= 0.3 is 5.51 Å². The summed E-state index contributed by atoms with van der Waals surface area (Å²) < 4.78 is 64.5. The second-order valence-electron chi connectivity index (χ2n) is 6.13. The van der Waals surface area contributed by atoms with Crippen LogP contribution in [0, 0.1) is 0 Å². The number of hydrogen-bond donors (Lipinski definition) is 0. The van der Waals surface area contributed by atoms with Crippen LogP contribution >= 0.6 is 0 Å². The van der Waals surface area contributed by atoms with E-state index in [1.165, 1.54) is 12.1 Å². The minimum atomic E-state index is -5.39. The van der Waals surface area contributed by atoms with E-state index in [9.17, 15) is 21.6 Å². The second kappa shape index (κ2) is 6.92. The van der Waals surface area contributed by atoms with Gasteiger partial charge in [-0.25, -0.2) is 13.4 Å². The summed E-state index contributed by atoms with van der Waals surface area (Å²) in [6.07, 6.45) is 3.56. The number of para-hydroxylation sites is 1. The van der Waals surface area contributed by atoms with Gasteiger partial charge in [-0.15, -0.1) is 0 Å². The number of sulfone groups is 1. The molecule has 0 amide bonds. The smallest absolute Gasteiger partial charge is 0.368 e. The lowest BCUT2D eigenvalue weighted by molar-refractivity contribution is -0.0435. The minimum absolute atomic E-state index is 0.0986. The van der Waals surface area contributed by atoms with Crippen LogP contribution in [0.1, 0.15) is 5.82 Å². The Hall–Kier alpha value is -2.07. The summed E-state index contributed by atoms with van der Waals surface area (Å²) in [5, 5.41) is 0. The van der Waals surface area contributed by atoms with Crippen LogP contribution in [0.4, 0.5) is 18.9 Å². The minimum Gasteiger partial charge on any atom is -0.368 e. The number of hydrogen-bond acceptors (Lipinski definition) is 5. The fraction of sp³-hybridized carbons (Fsp3) is 0.438. The predicted molar refractivity (Wildman–Crippen MR) is 90.4 cm³/mol. The Morgan fingerprint density at radius 1 is 1.12 bits per heavy atom. The van der Waals surface area contributed by atoms with Crippen LogP contribution < -0.4 is 4.90 Å². The average Bonchev–Trinajstić information content (AvgIpc) is 2.99. The Kier molecular flexibility index (Phi) is 4.98. The van der Waals surface area contributed by atoms with Crippen LogP contribution in [-0.4, -0.2) is 54.6 Å². The Labute approximate surface area is 149 Å². The number of benzene rings is 1. The van der Waals surface area contributed by atoms with Crippen molar-refractivity contribution in [2.75, 3.05) is 31.1 Å². The SMILES string of the molecule is Cn1ccnc1CN1CCN(c2ccccc2S(=O)(=O)C(F)(F)F)CC1. The molecule has 1 aliphatic heterocycles. The molecule has 1 aliphatic rings. The molecular weight excluding hydrogens is 369 g/mol. The first-order valence-corrected chi connectivity index (χ1v) is 9.52. The number of imidazole rings is 1. The van der Waals surface area contributed by atoms with Gasteiger partial charge in [-0.3, -0.25) is 4.90 Å². The van der Waals surface area contributed by atoms with E-state index >= 15 is 0 Å². The number of halogens is 3. The third-order valence-corrected chi connectivity index (χ3v) is 5.99. The number of anilines is 1. The Bertz CT molecular complexity index is 872. The molecule has 3 rings (SSSR count). The van der Waals surface area contributed by atoms with Gasteiger partial charge in [0.05, 0.1) is 17.1 Å². The van der Waals surface area contributed by atoms with Crippen LogP contribution in [0.15, 0.2) is 41.6 Å². The first-order chi connectivity index (χ1) is 12.2. The zero-order valence-electron chi connectivity index (χ0n) is 14.1. The third-order valence-electron chi connectivity index (χ3n) is 4.46. The third kappa shape index (κ3) is 3.56. The zero-order chi connectivity index (χ0) is 18.9. The van der Waals surface area contributed by atoms with Crippen LogP contribution in [0.2, 0.25) is 0 Å². The molecule has 1 fully saturated rings. The molecule has 6 nitrogen and oxygen atoms in total. The number of piperazine rings is 1. The molecule has 10 heteroatoms. The molecule has 1 aromatic heterocycles. The maximum absolute atomic E-state index is 13.0. The van der Waals surface area contributed by atoms with Gasteiger partial charge in [0.2, 0.25) is 0 Å². The maximum atomic E-state index is 13.0. The molecule has 0 atom stereocenters. The molecule has 2 heterocycles. The highest BCUT2D eigenvalue weighted by Gasteiger charge is 2.48. The van der Waals surface area contributed by atoms with E-state index in [0.29, 0.717) is 32.7 Å². The van der Waals surface area contributed by atoms with Crippen molar-refractivity contribution in [3.8, 4) is 0 Å². The van der Waals surface area contributed by atoms with Crippen LogP contribution in [-0.2, 0) is 23.4 Å². The molecular formula is C16H19F3N4O2S. The molecule has 142 valence electrons. The van der Waals surface area contributed by atoms with Gasteiger partial charge in [0.15, 0.2) is 0 Å². The van der Waals surface area contributed by atoms with Gasteiger partial charge in [-0.05, 0) is 12.1 Å². The van der Waals surface area contributed by atoms with Crippen molar-refractivity contribution >= 4 is 15.5 Å². The highest BCUT2D eigenvalue weighted by atomic mass is 32.2. The quantitative estimate of drug-likeness (QED) is 0.802. The molecule has 26 heavy (non-hydrogen) atoms. The summed E-state index contributed by atoms with van der Waals surface area (Å²) in [7, 11) is -3.49. The van der Waals surface area contributed by atoms with Crippen LogP contribution in [0.5, 0.6) is 0 Å². The van der Waals surface area contributed by atoms with Crippen molar-refractivity contribution in [3.63, 3.8) is 0 Å². The predicted octanol–water partition coefficient (Wildman–Crippen LogP) is 2.04. The normalized spacial score (nSPS) is 16.8. The van der Waals surface area contributed by atoms with Crippen molar-refractivity contribution in [3.05, 3.63) is 42.5 Å². The van der Waals surface area contributed by atoms with Gasteiger partial charge in [-0.1, -0.05) is 12.1 Å². The summed E-state index contributed by atoms with van der Waals surface area (Å²) in [5.74, 6) is 0.901. The van der Waals surface area contributed by atoms with Gasteiger partial charge in [0.1, 0.15) is 5.82 Å². The largest absolute Gasteiger partial charge is 0.501 e. The summed E-state index contributed by atoms with van der Waals surface area (Å²) in [5.41, 5.74) is -5.22. The molecule has 0 bridgehead atoms. The van der Waals surface area contributed by atoms with E-state index in [0.717, 1.165) is 11.9 Å². The summed E-state index contributed by atoms with van der Waals surface area (Å²) in [4.78, 5) is 7.40. The van der Waals surface area contributed by atoms with Crippen molar-refractivity contribution in [2.24, 2.45) is 7.05 Å². The summed E-state index contributed by atoms with van der Waals surface area (Å²) in [6.45, 7) is 2.73. The summed E-state index contributed by atoms with van der Waals surface area (Å²) >= 11 is 0. The number of rotatable bonds is 4. The Morgan fingerprint density at radius 3 is 2.35 bits per heavy atom. The average molecular weight is 388 g/mol. The molecule has 0 unspecified atom stereocenters. The lowest BCUT2D eigenvalue weighted by Gasteiger charge is -2.36. The van der Waals surface area contributed by atoms with E-state index < -0.39 is 20.2 Å². The standard InChI is InChI=1S/C16H19F3N4O2S/c1-21-7-6-20-15(21)12-22-8-10-23(11-9-22)13-4-2-3-5-14(13)26(24,25)16(17,18)19/h2-7H,8-12H2,1H3. The molecule has 1 saturated heterocycles. The molecule has 0 radical (unpaired) electrons. The van der Waals surface area contributed by atoms with Crippen molar-refractivity contribution in [1.82, 2.24) is 14.5 Å². The van der Waals surface area contributed by atoms with E-state index in [4.69, 9.17) is 0 Å². The fourth-order valence-electron chi connectivity index (χ4n) is 2.97. The molecule has 2 aromatic rings. The van der Waals surface area contributed by atoms with E-state index in [2.05, 4.69) is 9.88 Å². The second-order valence-corrected chi connectivity index (χ2v) is 8.04. The lowest BCUT2D eigenvalue weighted by atomic mass is 10.2. The Balaban J connectivity index is 1.75. The highest BCUT2D eigenvalue weighted by molar-refractivity contribution is 7.92. The monoisotopic (exact) mass is 388 g/mol. The zero-order valence-corrected chi connectivity index (χ0v) is 15.0. The van der Waals surface area contributed by atoms with Gasteiger partial charge < -0.3 is 9.47 Å². The molecule has 0 spiro atoms. The van der Waals surface area contributed by atoms with Crippen LogP contribution in [0.3, 0.4) is 0 Å². The van der Waals surface area contributed by atoms with E-state index in [-0.39, 0.29) is 5.69 Å². The highest BCUT2D eigenvalue weighted by Crippen LogP contribution is 2.36. The Morgan fingerprint density at radius 2 is 1.77 bits per heavy atom. The fourth-order valence-corrected chi connectivity index (χ4v) is 3.95. The lowest BCUT2D eigenvalue weighted by Crippen LogP contribution is -2.46. The number of nitrogens with zero attached hydrogens (tertiary/aromatic N) is 4. The van der Waals surface area contributed by atoms with Gasteiger partial charge in [-0.2, -0.15) is 13.2 Å². The van der Waals surface area contributed by atoms with Gasteiger partial charge in [0, 0.05) is 45.6 Å². The van der Waals surface area contributed by atoms with E-state index in [1.54, 1.807) is 17.2 Å². The van der Waals surface area contributed by atoms with E-state index in [1.807, 2.05) is 17.8 Å².